The molecule has 0 aromatic carbocycles. The Balaban J connectivity index is 2.69. The molecule has 0 aromatic heterocycles. The average Bonchev–Trinajstić information content (AvgIpc) is 2.58. The van der Waals surface area contributed by atoms with E-state index in [1.54, 1.807) is 13.0 Å². The summed E-state index contributed by atoms with van der Waals surface area (Å²) in [5, 5.41) is 11.1. The predicted molar refractivity (Wildman–Crippen MR) is 83.2 cm³/mol. The van der Waals surface area contributed by atoms with Gasteiger partial charge in [0.15, 0.2) is 0 Å². The highest BCUT2D eigenvalue weighted by Crippen LogP contribution is 2.20. The molecule has 0 aromatic rings. The Morgan fingerprint density at radius 1 is 1.25 bits per heavy atom. The minimum absolute atomic E-state index is 0.242. The maximum Gasteiger partial charge on any atom is 0.272 e. The van der Waals surface area contributed by atoms with E-state index >= 15 is 0 Å². The van der Waals surface area contributed by atoms with Crippen molar-refractivity contribution in [3.63, 3.8) is 0 Å². The molecule has 4 heteroatoms. The van der Waals surface area contributed by atoms with Crippen molar-refractivity contribution in [2.75, 3.05) is 19.6 Å². The fourth-order valence-corrected chi connectivity index (χ4v) is 2.48. The molecule has 1 aliphatic rings. The van der Waals surface area contributed by atoms with Gasteiger partial charge in [-0.3, -0.25) is 10.1 Å². The van der Waals surface area contributed by atoms with E-state index in [4.69, 9.17) is 0 Å². The van der Waals surface area contributed by atoms with E-state index in [1.807, 2.05) is 12.2 Å². The molecule has 0 saturated carbocycles. The second kappa shape index (κ2) is 8.69. The zero-order chi connectivity index (χ0) is 15.0. The maximum absolute atomic E-state index is 11.1. The van der Waals surface area contributed by atoms with Gasteiger partial charge in [-0.2, -0.15) is 0 Å². The molecule has 0 heterocycles. The molecule has 0 fully saturated rings. The summed E-state index contributed by atoms with van der Waals surface area (Å²) >= 11 is 0. The van der Waals surface area contributed by atoms with E-state index in [0.717, 1.165) is 56.5 Å². The lowest BCUT2D eigenvalue weighted by molar-refractivity contribution is -0.420. The highest BCUT2D eigenvalue weighted by atomic mass is 16.6. The van der Waals surface area contributed by atoms with E-state index in [1.165, 1.54) is 0 Å². The fourth-order valence-electron chi connectivity index (χ4n) is 2.48. The summed E-state index contributed by atoms with van der Waals surface area (Å²) < 4.78 is 0. The molecular weight excluding hydrogens is 252 g/mol. The van der Waals surface area contributed by atoms with E-state index in [2.05, 4.69) is 18.7 Å². The lowest BCUT2D eigenvalue weighted by Crippen LogP contribution is -2.26. The van der Waals surface area contributed by atoms with Crippen LogP contribution in [0.3, 0.4) is 0 Å². The van der Waals surface area contributed by atoms with Crippen LogP contribution in [0.25, 0.3) is 0 Å². The van der Waals surface area contributed by atoms with Crippen LogP contribution in [0, 0.1) is 10.1 Å². The number of nitro groups is 1. The molecule has 0 radical (unpaired) electrons. The molecule has 0 spiro atoms. The van der Waals surface area contributed by atoms with Gasteiger partial charge in [0.25, 0.3) is 5.70 Å². The van der Waals surface area contributed by atoms with E-state index in [9.17, 15) is 10.1 Å². The van der Waals surface area contributed by atoms with Crippen molar-refractivity contribution in [3.8, 4) is 0 Å². The summed E-state index contributed by atoms with van der Waals surface area (Å²) in [6.07, 6.45) is 9.69. The summed E-state index contributed by atoms with van der Waals surface area (Å²) in [4.78, 5) is 13.2. The SMILES string of the molecule is CCCN(CCC)CCC1=CC([N+](=O)[O-])=C(C)C=CC1. The highest BCUT2D eigenvalue weighted by Gasteiger charge is 2.15. The zero-order valence-corrected chi connectivity index (χ0v) is 12.9. The Kier molecular flexibility index (Phi) is 7.23. The van der Waals surface area contributed by atoms with Gasteiger partial charge in [-0.05, 0) is 45.7 Å². The molecule has 0 bridgehead atoms. The number of hydrogen-bond acceptors (Lipinski definition) is 3. The topological polar surface area (TPSA) is 46.4 Å². The van der Waals surface area contributed by atoms with Gasteiger partial charge in [-0.25, -0.2) is 0 Å². The third-order valence-electron chi connectivity index (χ3n) is 3.52. The number of allylic oxidation sites excluding steroid dienone is 4. The lowest BCUT2D eigenvalue weighted by Gasteiger charge is -2.21. The first-order valence-electron chi connectivity index (χ1n) is 7.52. The van der Waals surface area contributed by atoms with Gasteiger partial charge in [0.05, 0.1) is 4.92 Å². The van der Waals surface area contributed by atoms with E-state index in [0.29, 0.717) is 0 Å². The van der Waals surface area contributed by atoms with Gasteiger partial charge in [0.1, 0.15) is 0 Å². The third-order valence-corrected chi connectivity index (χ3v) is 3.52. The van der Waals surface area contributed by atoms with Crippen molar-refractivity contribution in [2.24, 2.45) is 0 Å². The van der Waals surface area contributed by atoms with Crippen LogP contribution in [0.4, 0.5) is 0 Å². The molecule has 0 amide bonds. The molecule has 0 saturated heterocycles. The first kappa shape index (κ1) is 16.6. The van der Waals surface area contributed by atoms with Crippen molar-refractivity contribution in [3.05, 3.63) is 45.2 Å². The Bertz CT molecular complexity index is 416. The molecular formula is C16H26N2O2. The highest BCUT2D eigenvalue weighted by molar-refractivity contribution is 5.33. The van der Waals surface area contributed by atoms with E-state index < -0.39 is 0 Å². The van der Waals surface area contributed by atoms with Crippen molar-refractivity contribution < 1.29 is 4.92 Å². The van der Waals surface area contributed by atoms with Crippen LogP contribution >= 0.6 is 0 Å². The summed E-state index contributed by atoms with van der Waals surface area (Å²) in [6.45, 7) is 9.38. The maximum atomic E-state index is 11.1. The van der Waals surface area contributed by atoms with Gasteiger partial charge in [0, 0.05) is 18.2 Å². The Morgan fingerprint density at radius 2 is 1.90 bits per heavy atom. The summed E-state index contributed by atoms with van der Waals surface area (Å²) in [6, 6.07) is 0. The van der Waals surface area contributed by atoms with Crippen LogP contribution < -0.4 is 0 Å². The van der Waals surface area contributed by atoms with Crippen LogP contribution in [0.1, 0.15) is 46.5 Å². The van der Waals surface area contributed by atoms with Gasteiger partial charge in [-0.1, -0.05) is 31.6 Å². The van der Waals surface area contributed by atoms with Crippen LogP contribution in [0.2, 0.25) is 0 Å². The minimum atomic E-state index is -0.277. The average molecular weight is 278 g/mol. The summed E-state index contributed by atoms with van der Waals surface area (Å²) in [5.41, 5.74) is 2.14. The van der Waals surface area contributed by atoms with E-state index in [-0.39, 0.29) is 10.6 Å². The molecule has 0 unspecified atom stereocenters. The molecule has 4 nitrogen and oxygen atoms in total. The van der Waals surface area contributed by atoms with Crippen molar-refractivity contribution in [2.45, 2.75) is 46.5 Å². The third kappa shape index (κ3) is 5.29. The quantitative estimate of drug-likeness (QED) is 0.499. The molecule has 0 atom stereocenters. The van der Waals surface area contributed by atoms with Gasteiger partial charge >= 0.3 is 0 Å². The molecule has 0 N–H and O–H groups in total. The molecule has 112 valence electrons. The largest absolute Gasteiger partial charge is 0.303 e. The zero-order valence-electron chi connectivity index (χ0n) is 12.9. The first-order chi connectivity index (χ1) is 9.58. The second-order valence-corrected chi connectivity index (χ2v) is 5.33. The minimum Gasteiger partial charge on any atom is -0.303 e. The molecule has 20 heavy (non-hydrogen) atoms. The van der Waals surface area contributed by atoms with Gasteiger partial charge in [0.2, 0.25) is 0 Å². The predicted octanol–water partition coefficient (Wildman–Crippen LogP) is 3.94. The number of nitrogens with zero attached hydrogens (tertiary/aromatic N) is 2. The van der Waals surface area contributed by atoms with Crippen molar-refractivity contribution in [1.29, 1.82) is 0 Å². The Morgan fingerprint density at radius 3 is 2.45 bits per heavy atom. The second-order valence-electron chi connectivity index (χ2n) is 5.33. The lowest BCUT2D eigenvalue weighted by atomic mass is 10.1. The standard InChI is InChI=1S/C16H26N2O2/c1-4-10-17(11-5-2)12-9-15-8-6-7-14(3)16(13-15)18(19)20/h6-7,13H,4-5,8-12H2,1-3H3. The van der Waals surface area contributed by atoms with Gasteiger partial charge < -0.3 is 4.90 Å². The smallest absolute Gasteiger partial charge is 0.272 e. The van der Waals surface area contributed by atoms with Crippen LogP contribution in [-0.4, -0.2) is 29.5 Å². The van der Waals surface area contributed by atoms with Crippen molar-refractivity contribution >= 4 is 0 Å². The Labute approximate surface area is 122 Å². The summed E-state index contributed by atoms with van der Waals surface area (Å²) in [5.74, 6) is 0. The van der Waals surface area contributed by atoms with Crippen LogP contribution in [-0.2, 0) is 0 Å². The summed E-state index contributed by atoms with van der Waals surface area (Å²) in [7, 11) is 0. The molecule has 1 rings (SSSR count). The fraction of sp³-hybridized carbons (Fsp3) is 0.625. The van der Waals surface area contributed by atoms with Crippen LogP contribution in [0.5, 0.6) is 0 Å². The number of rotatable bonds is 8. The molecule has 0 aliphatic heterocycles. The molecule has 1 aliphatic carbocycles. The van der Waals surface area contributed by atoms with Gasteiger partial charge in [-0.15, -0.1) is 0 Å². The first-order valence-corrected chi connectivity index (χ1v) is 7.52. The van der Waals surface area contributed by atoms with Crippen molar-refractivity contribution in [1.82, 2.24) is 4.90 Å². The Hall–Kier alpha value is -1.42. The number of hydrogen-bond donors (Lipinski definition) is 0. The monoisotopic (exact) mass is 278 g/mol. The van der Waals surface area contributed by atoms with Crippen LogP contribution in [0.15, 0.2) is 35.1 Å². The normalized spacial score (nSPS) is 15.5.